The summed E-state index contributed by atoms with van der Waals surface area (Å²) in [4.78, 5) is 14.5. The highest BCUT2D eigenvalue weighted by molar-refractivity contribution is 5.92. The molecule has 0 saturated carbocycles. The molecule has 118 valence electrons. The Labute approximate surface area is 131 Å². The molecule has 2 rings (SSSR count). The Morgan fingerprint density at radius 1 is 1.32 bits per heavy atom. The summed E-state index contributed by atoms with van der Waals surface area (Å²) in [5.41, 5.74) is 1.39. The summed E-state index contributed by atoms with van der Waals surface area (Å²) < 4.78 is 1.58. The molecule has 0 bridgehead atoms. The van der Waals surface area contributed by atoms with E-state index >= 15 is 0 Å². The average Bonchev–Trinajstić information content (AvgIpc) is 2.76. The van der Waals surface area contributed by atoms with E-state index in [0.717, 1.165) is 11.3 Å². The van der Waals surface area contributed by atoms with Crippen molar-refractivity contribution in [3.8, 4) is 0 Å². The van der Waals surface area contributed by atoms with Crippen LogP contribution in [0.5, 0.6) is 0 Å². The van der Waals surface area contributed by atoms with E-state index in [1.54, 1.807) is 36.5 Å². The molecule has 0 spiro atoms. The van der Waals surface area contributed by atoms with Gasteiger partial charge in [-0.05, 0) is 32.4 Å². The second kappa shape index (κ2) is 6.32. The number of aryl methyl sites for hydroxylation is 2. The van der Waals surface area contributed by atoms with Crippen LogP contribution in [0.1, 0.15) is 35.6 Å². The Morgan fingerprint density at radius 3 is 2.45 bits per heavy atom. The molecule has 0 aliphatic rings. The molecule has 1 amide bonds. The number of rotatable bonds is 5. The van der Waals surface area contributed by atoms with Gasteiger partial charge in [-0.25, -0.2) is 0 Å². The van der Waals surface area contributed by atoms with E-state index in [1.807, 2.05) is 37.3 Å². The van der Waals surface area contributed by atoms with Gasteiger partial charge >= 0.3 is 0 Å². The van der Waals surface area contributed by atoms with Crippen molar-refractivity contribution >= 4 is 5.91 Å². The minimum Gasteiger partial charge on any atom is -0.389 e. The van der Waals surface area contributed by atoms with Crippen LogP contribution in [-0.2, 0) is 13.6 Å². The van der Waals surface area contributed by atoms with Gasteiger partial charge in [0.15, 0.2) is 0 Å². The predicted octanol–water partition coefficient (Wildman–Crippen LogP) is 2.14. The summed E-state index contributed by atoms with van der Waals surface area (Å²) in [6.07, 6.45) is 0. The van der Waals surface area contributed by atoms with Crippen molar-refractivity contribution in [1.82, 2.24) is 14.7 Å². The topological polar surface area (TPSA) is 58.4 Å². The fraction of sp³-hybridized carbons (Fsp3) is 0.412. The Kier molecular flexibility index (Phi) is 4.66. The van der Waals surface area contributed by atoms with E-state index < -0.39 is 5.60 Å². The summed E-state index contributed by atoms with van der Waals surface area (Å²) >= 11 is 0. The molecule has 5 nitrogen and oxygen atoms in total. The molecule has 0 aliphatic carbocycles. The second-order valence-electron chi connectivity index (χ2n) is 6.25. The minimum absolute atomic E-state index is 0.130. The molecule has 0 atom stereocenters. The van der Waals surface area contributed by atoms with Gasteiger partial charge in [0.2, 0.25) is 0 Å². The highest BCUT2D eigenvalue weighted by Gasteiger charge is 2.25. The zero-order chi connectivity index (χ0) is 16.3. The van der Waals surface area contributed by atoms with Crippen LogP contribution in [0.15, 0.2) is 36.4 Å². The van der Waals surface area contributed by atoms with Gasteiger partial charge in [0.05, 0.1) is 11.3 Å². The van der Waals surface area contributed by atoms with Crippen LogP contribution in [0.3, 0.4) is 0 Å². The summed E-state index contributed by atoms with van der Waals surface area (Å²) in [6.45, 7) is 5.96. The van der Waals surface area contributed by atoms with Gasteiger partial charge < -0.3 is 10.0 Å². The number of carbonyl (C=O) groups is 1. The van der Waals surface area contributed by atoms with Crippen LogP contribution in [0.2, 0.25) is 0 Å². The smallest absolute Gasteiger partial charge is 0.272 e. The van der Waals surface area contributed by atoms with Gasteiger partial charge in [0.1, 0.15) is 5.69 Å². The lowest BCUT2D eigenvalue weighted by atomic mass is 10.1. The van der Waals surface area contributed by atoms with E-state index in [-0.39, 0.29) is 12.5 Å². The SMILES string of the molecule is Cc1cc(C(=O)N(Cc2ccccc2)CC(C)(C)O)n(C)n1. The maximum Gasteiger partial charge on any atom is 0.272 e. The number of hydrogen-bond acceptors (Lipinski definition) is 3. The third-order valence-corrected chi connectivity index (χ3v) is 3.30. The van der Waals surface area contributed by atoms with E-state index in [2.05, 4.69) is 5.10 Å². The van der Waals surface area contributed by atoms with Crippen LogP contribution in [0.25, 0.3) is 0 Å². The molecule has 0 aliphatic heterocycles. The molecule has 22 heavy (non-hydrogen) atoms. The van der Waals surface area contributed by atoms with Gasteiger partial charge in [0.25, 0.3) is 5.91 Å². The van der Waals surface area contributed by atoms with Crippen molar-refractivity contribution in [2.24, 2.45) is 7.05 Å². The van der Waals surface area contributed by atoms with Crippen molar-refractivity contribution in [1.29, 1.82) is 0 Å². The lowest BCUT2D eigenvalue weighted by Gasteiger charge is -2.29. The highest BCUT2D eigenvalue weighted by atomic mass is 16.3. The first-order valence-corrected chi connectivity index (χ1v) is 7.32. The van der Waals surface area contributed by atoms with Crippen molar-refractivity contribution < 1.29 is 9.90 Å². The summed E-state index contributed by atoms with van der Waals surface area (Å²) in [7, 11) is 1.75. The monoisotopic (exact) mass is 301 g/mol. The van der Waals surface area contributed by atoms with Crippen molar-refractivity contribution in [3.63, 3.8) is 0 Å². The van der Waals surface area contributed by atoms with Crippen molar-refractivity contribution in [2.45, 2.75) is 32.9 Å². The van der Waals surface area contributed by atoms with Crippen LogP contribution >= 0.6 is 0 Å². The molecule has 1 aromatic heterocycles. The lowest BCUT2D eigenvalue weighted by Crippen LogP contribution is -2.42. The van der Waals surface area contributed by atoms with E-state index in [0.29, 0.717) is 12.2 Å². The highest BCUT2D eigenvalue weighted by Crippen LogP contribution is 2.14. The molecule has 1 aromatic carbocycles. The lowest BCUT2D eigenvalue weighted by molar-refractivity contribution is 0.0274. The fourth-order valence-corrected chi connectivity index (χ4v) is 2.44. The maximum absolute atomic E-state index is 12.8. The summed E-state index contributed by atoms with van der Waals surface area (Å²) in [5, 5.41) is 14.3. The standard InChI is InChI=1S/C17H23N3O2/c1-13-10-15(19(4)18-13)16(21)20(12-17(2,3)22)11-14-8-6-5-7-9-14/h5-10,22H,11-12H2,1-4H3. The number of aliphatic hydroxyl groups is 1. The average molecular weight is 301 g/mol. The largest absolute Gasteiger partial charge is 0.389 e. The number of benzene rings is 1. The molecule has 1 heterocycles. The van der Waals surface area contributed by atoms with E-state index in [1.165, 1.54) is 0 Å². The minimum atomic E-state index is -0.960. The van der Waals surface area contributed by atoms with Crippen LogP contribution in [0.4, 0.5) is 0 Å². The van der Waals surface area contributed by atoms with Gasteiger partial charge in [0, 0.05) is 20.1 Å². The number of aromatic nitrogens is 2. The molecule has 0 saturated heterocycles. The number of nitrogens with zero attached hydrogens (tertiary/aromatic N) is 3. The van der Waals surface area contributed by atoms with Gasteiger partial charge in [-0.3, -0.25) is 9.48 Å². The quantitative estimate of drug-likeness (QED) is 0.920. The molecule has 0 unspecified atom stereocenters. The summed E-state index contributed by atoms with van der Waals surface area (Å²) in [5.74, 6) is -0.130. The Hall–Kier alpha value is -2.14. The first kappa shape index (κ1) is 16.2. The zero-order valence-electron chi connectivity index (χ0n) is 13.6. The maximum atomic E-state index is 12.8. The summed E-state index contributed by atoms with van der Waals surface area (Å²) in [6, 6.07) is 11.5. The fourth-order valence-electron chi connectivity index (χ4n) is 2.44. The van der Waals surface area contributed by atoms with Crippen LogP contribution in [-0.4, -0.2) is 37.8 Å². The molecular weight excluding hydrogens is 278 g/mol. The third-order valence-electron chi connectivity index (χ3n) is 3.30. The van der Waals surface area contributed by atoms with Crippen molar-refractivity contribution in [2.75, 3.05) is 6.54 Å². The predicted molar refractivity (Wildman–Crippen MR) is 85.4 cm³/mol. The van der Waals surface area contributed by atoms with Crippen molar-refractivity contribution in [3.05, 3.63) is 53.3 Å². The first-order valence-electron chi connectivity index (χ1n) is 7.32. The molecule has 2 aromatic rings. The molecule has 1 N–H and O–H groups in total. The van der Waals surface area contributed by atoms with Gasteiger partial charge in [-0.1, -0.05) is 30.3 Å². The van der Waals surface area contributed by atoms with Crippen LogP contribution in [0, 0.1) is 6.92 Å². The van der Waals surface area contributed by atoms with E-state index in [4.69, 9.17) is 0 Å². The second-order valence-corrected chi connectivity index (χ2v) is 6.25. The van der Waals surface area contributed by atoms with Gasteiger partial charge in [-0.15, -0.1) is 0 Å². The normalized spacial score (nSPS) is 11.5. The molecular formula is C17H23N3O2. The first-order chi connectivity index (χ1) is 10.3. The number of amides is 1. The Morgan fingerprint density at radius 2 is 1.95 bits per heavy atom. The zero-order valence-corrected chi connectivity index (χ0v) is 13.6. The van der Waals surface area contributed by atoms with Crippen LogP contribution < -0.4 is 0 Å². The third kappa shape index (κ3) is 4.18. The number of hydrogen-bond donors (Lipinski definition) is 1. The van der Waals surface area contributed by atoms with E-state index in [9.17, 15) is 9.90 Å². The Bertz CT molecular complexity index is 642. The Balaban J connectivity index is 2.27. The molecule has 5 heteroatoms. The molecule has 0 radical (unpaired) electrons. The van der Waals surface area contributed by atoms with Gasteiger partial charge in [-0.2, -0.15) is 5.10 Å². The number of carbonyl (C=O) groups excluding carboxylic acids is 1. The molecule has 0 fully saturated rings.